The largest absolute Gasteiger partial charge is 0.387 e. The second-order valence-electron chi connectivity index (χ2n) is 5.02. The van der Waals surface area contributed by atoms with Crippen molar-refractivity contribution in [2.75, 3.05) is 0 Å². The van der Waals surface area contributed by atoms with Crippen molar-refractivity contribution < 1.29 is 24.9 Å². The van der Waals surface area contributed by atoms with Crippen LogP contribution in [0.15, 0.2) is 12.7 Å². The fourth-order valence-corrected chi connectivity index (χ4v) is 2.59. The van der Waals surface area contributed by atoms with E-state index < -0.39 is 36.4 Å². The van der Waals surface area contributed by atoms with E-state index in [0.29, 0.717) is 11.2 Å². The third-order valence-electron chi connectivity index (χ3n) is 3.59. The summed E-state index contributed by atoms with van der Waals surface area (Å²) in [6.07, 6.45) is -4.10. The zero-order valence-corrected chi connectivity index (χ0v) is 12.1. The first-order valence-corrected chi connectivity index (χ1v) is 6.82. The van der Waals surface area contributed by atoms with E-state index in [1.807, 2.05) is 0 Å². The van der Waals surface area contributed by atoms with Crippen molar-refractivity contribution in [1.82, 2.24) is 19.5 Å². The summed E-state index contributed by atoms with van der Waals surface area (Å²) in [5.41, 5.74) is 0.610. The third-order valence-corrected chi connectivity index (χ3v) is 3.87. The number of rotatable bonds is 3. The number of carbonyl (C=O) groups is 1. The maximum atomic E-state index is 11.3. The monoisotopic (exact) mass is 328 g/mol. The highest BCUT2D eigenvalue weighted by molar-refractivity contribution is 6.33. The molecule has 1 fully saturated rings. The van der Waals surface area contributed by atoms with Gasteiger partial charge in [0, 0.05) is 0 Å². The molecule has 118 valence electrons. The van der Waals surface area contributed by atoms with Gasteiger partial charge in [0.15, 0.2) is 22.8 Å². The Morgan fingerprint density at radius 1 is 1.36 bits per heavy atom. The average Bonchev–Trinajstić information content (AvgIpc) is 3.02. The lowest BCUT2D eigenvalue weighted by Crippen LogP contribution is -2.42. The standard InChI is InChI=1S/C12H13ClN4O5/c1-4(18)6(19)9-7(20)8(21)12(22-9)17-3-16-5-10(13)14-2-15-11(5)17/h2-3,6-9,12,19-21H,1H3/t6?,7-,8+,9+,12+/m0/s1. The molecule has 0 bridgehead atoms. The molecule has 1 aliphatic heterocycles. The fourth-order valence-electron chi connectivity index (χ4n) is 2.42. The van der Waals surface area contributed by atoms with Gasteiger partial charge < -0.3 is 20.1 Å². The summed E-state index contributed by atoms with van der Waals surface area (Å²) in [7, 11) is 0. The van der Waals surface area contributed by atoms with Crippen LogP contribution in [0.5, 0.6) is 0 Å². The zero-order chi connectivity index (χ0) is 16.0. The minimum Gasteiger partial charge on any atom is -0.387 e. The summed E-state index contributed by atoms with van der Waals surface area (Å²) in [6.45, 7) is 1.17. The van der Waals surface area contributed by atoms with E-state index in [0.717, 1.165) is 0 Å². The van der Waals surface area contributed by atoms with Crippen molar-refractivity contribution in [2.45, 2.75) is 37.6 Å². The van der Waals surface area contributed by atoms with Crippen LogP contribution in [0.1, 0.15) is 13.2 Å². The van der Waals surface area contributed by atoms with Crippen molar-refractivity contribution in [3.63, 3.8) is 0 Å². The number of aliphatic hydroxyl groups is 3. The summed E-state index contributed by atoms with van der Waals surface area (Å²) in [4.78, 5) is 23.1. The van der Waals surface area contributed by atoms with E-state index in [-0.39, 0.29) is 5.15 Å². The van der Waals surface area contributed by atoms with Crippen LogP contribution in [-0.4, -0.2) is 65.0 Å². The summed E-state index contributed by atoms with van der Waals surface area (Å²) < 4.78 is 6.81. The molecule has 3 N–H and O–H groups in total. The zero-order valence-electron chi connectivity index (χ0n) is 11.4. The predicted molar refractivity (Wildman–Crippen MR) is 72.9 cm³/mol. The smallest absolute Gasteiger partial charge is 0.167 e. The Hall–Kier alpha value is -1.65. The molecule has 5 atom stereocenters. The van der Waals surface area contributed by atoms with E-state index in [4.69, 9.17) is 16.3 Å². The van der Waals surface area contributed by atoms with Crippen molar-refractivity contribution >= 4 is 28.5 Å². The highest BCUT2D eigenvalue weighted by atomic mass is 35.5. The lowest BCUT2D eigenvalue weighted by Gasteiger charge is -2.18. The lowest BCUT2D eigenvalue weighted by molar-refractivity contribution is -0.139. The maximum Gasteiger partial charge on any atom is 0.167 e. The molecule has 0 radical (unpaired) electrons. The molecule has 22 heavy (non-hydrogen) atoms. The highest BCUT2D eigenvalue weighted by Crippen LogP contribution is 2.33. The number of carbonyl (C=O) groups excluding carboxylic acids is 1. The van der Waals surface area contributed by atoms with Gasteiger partial charge in [0.25, 0.3) is 0 Å². The number of fused-ring (bicyclic) bond motifs is 1. The van der Waals surface area contributed by atoms with Gasteiger partial charge >= 0.3 is 0 Å². The summed E-state index contributed by atoms with van der Waals surface area (Å²) in [6, 6.07) is 0. The normalized spacial score (nSPS) is 29.9. The number of halogens is 1. The molecule has 10 heteroatoms. The Bertz CT molecular complexity index is 723. The van der Waals surface area contributed by atoms with Crippen molar-refractivity contribution in [1.29, 1.82) is 0 Å². The highest BCUT2D eigenvalue weighted by Gasteiger charge is 2.48. The van der Waals surface area contributed by atoms with Crippen molar-refractivity contribution in [3.8, 4) is 0 Å². The van der Waals surface area contributed by atoms with E-state index in [1.54, 1.807) is 0 Å². The van der Waals surface area contributed by atoms with Gasteiger partial charge in [0.05, 0.1) is 6.33 Å². The van der Waals surface area contributed by atoms with E-state index in [1.165, 1.54) is 24.1 Å². The topological polar surface area (TPSA) is 131 Å². The quantitative estimate of drug-likeness (QED) is 0.615. The third kappa shape index (κ3) is 2.27. The molecule has 2 aromatic rings. The number of aliphatic hydroxyl groups excluding tert-OH is 3. The van der Waals surface area contributed by atoms with E-state index >= 15 is 0 Å². The van der Waals surface area contributed by atoms with Crippen LogP contribution in [0.25, 0.3) is 11.2 Å². The first-order chi connectivity index (χ1) is 10.4. The number of aromatic nitrogens is 4. The molecule has 0 spiro atoms. The molecule has 0 saturated carbocycles. The van der Waals surface area contributed by atoms with Gasteiger partial charge in [-0.1, -0.05) is 11.6 Å². The van der Waals surface area contributed by atoms with Gasteiger partial charge in [-0.25, -0.2) is 15.0 Å². The molecule has 0 aromatic carbocycles. The van der Waals surface area contributed by atoms with Gasteiger partial charge in [-0.2, -0.15) is 0 Å². The van der Waals surface area contributed by atoms with Gasteiger partial charge in [-0.3, -0.25) is 9.36 Å². The Morgan fingerprint density at radius 2 is 2.09 bits per heavy atom. The van der Waals surface area contributed by atoms with Crippen LogP contribution >= 0.6 is 11.6 Å². The number of imidazole rings is 1. The van der Waals surface area contributed by atoms with Crippen LogP contribution in [0, 0.1) is 0 Å². The number of ether oxygens (including phenoxy) is 1. The van der Waals surface area contributed by atoms with Crippen LogP contribution < -0.4 is 0 Å². The molecule has 1 saturated heterocycles. The summed E-state index contributed by atoms with van der Waals surface area (Å²) in [5, 5.41) is 30.0. The Morgan fingerprint density at radius 3 is 2.77 bits per heavy atom. The maximum absolute atomic E-state index is 11.3. The summed E-state index contributed by atoms with van der Waals surface area (Å²) in [5.74, 6) is -0.572. The predicted octanol–water partition coefficient (Wildman–Crippen LogP) is -0.951. The lowest BCUT2D eigenvalue weighted by atomic mass is 10.0. The van der Waals surface area contributed by atoms with E-state index in [2.05, 4.69) is 15.0 Å². The molecular weight excluding hydrogens is 316 g/mol. The van der Waals surface area contributed by atoms with Crippen LogP contribution in [0.4, 0.5) is 0 Å². The molecule has 0 aliphatic carbocycles. The first kappa shape index (κ1) is 15.3. The molecule has 9 nitrogen and oxygen atoms in total. The van der Waals surface area contributed by atoms with Crippen LogP contribution in [0.2, 0.25) is 5.15 Å². The SMILES string of the molecule is CC(=O)C(O)[C@H]1O[C@@H](n2cnc3c(Cl)ncnc32)[C@H](O)[C@@H]1O. The molecule has 0 amide bonds. The van der Waals surface area contributed by atoms with E-state index in [9.17, 15) is 20.1 Å². The first-order valence-electron chi connectivity index (χ1n) is 6.45. The van der Waals surface area contributed by atoms with Gasteiger partial charge in [0.1, 0.15) is 36.3 Å². The number of Topliss-reactive ketones (excluding diaryl/α,β-unsaturated/α-hetero) is 1. The Kier molecular flexibility index (Phi) is 3.83. The number of ketones is 1. The number of nitrogens with zero attached hydrogens (tertiary/aromatic N) is 4. The summed E-state index contributed by atoms with van der Waals surface area (Å²) >= 11 is 5.90. The fraction of sp³-hybridized carbons (Fsp3) is 0.500. The van der Waals surface area contributed by atoms with Crippen molar-refractivity contribution in [2.24, 2.45) is 0 Å². The molecule has 1 aliphatic rings. The molecule has 1 unspecified atom stereocenters. The Balaban J connectivity index is 1.98. The van der Waals surface area contributed by atoms with Gasteiger partial charge in [0.2, 0.25) is 0 Å². The minimum absolute atomic E-state index is 0.136. The second kappa shape index (κ2) is 5.52. The van der Waals surface area contributed by atoms with Gasteiger partial charge in [-0.05, 0) is 6.92 Å². The molecular formula is C12H13ClN4O5. The average molecular weight is 329 g/mol. The Labute approximate surface area is 129 Å². The number of hydrogen-bond acceptors (Lipinski definition) is 8. The molecule has 3 rings (SSSR count). The van der Waals surface area contributed by atoms with Gasteiger partial charge in [-0.15, -0.1) is 0 Å². The van der Waals surface area contributed by atoms with Crippen molar-refractivity contribution in [3.05, 3.63) is 17.8 Å². The van der Waals surface area contributed by atoms with Crippen LogP contribution in [0.3, 0.4) is 0 Å². The molecule has 3 heterocycles. The molecule has 2 aromatic heterocycles. The minimum atomic E-state index is -1.54. The van der Waals surface area contributed by atoms with Crippen LogP contribution in [-0.2, 0) is 9.53 Å². The number of hydrogen-bond donors (Lipinski definition) is 3. The second-order valence-corrected chi connectivity index (χ2v) is 5.37.